The highest BCUT2D eigenvalue weighted by molar-refractivity contribution is 5.96. The van der Waals surface area contributed by atoms with E-state index in [1.54, 1.807) is 39.0 Å². The molecule has 0 saturated carbocycles. The number of fused-ring (bicyclic) bond motifs is 1. The zero-order valence-corrected chi connectivity index (χ0v) is 17.5. The number of aromatic nitrogens is 3. The SMILES string of the molecule is Cc1cn2c(C(=O)NNC(=O)CN(C)C)c(C)nc2c(OCc2c(F)cccc2F)n1. The molecule has 31 heavy (non-hydrogen) atoms. The number of ether oxygens (including phenoxy) is 1. The molecule has 11 heteroatoms. The van der Waals surface area contributed by atoms with Gasteiger partial charge in [-0.2, -0.15) is 0 Å². The average molecular weight is 432 g/mol. The number of hydrogen-bond acceptors (Lipinski definition) is 6. The summed E-state index contributed by atoms with van der Waals surface area (Å²) < 4.78 is 34.8. The smallest absolute Gasteiger partial charge is 0.288 e. The first-order valence-corrected chi connectivity index (χ1v) is 9.33. The molecule has 3 rings (SSSR count). The van der Waals surface area contributed by atoms with Crippen molar-refractivity contribution in [2.75, 3.05) is 20.6 Å². The normalized spacial score (nSPS) is 11.1. The summed E-state index contributed by atoms with van der Waals surface area (Å²) in [5.41, 5.74) is 5.64. The van der Waals surface area contributed by atoms with Crippen molar-refractivity contribution in [2.45, 2.75) is 20.5 Å². The minimum Gasteiger partial charge on any atom is -0.470 e. The summed E-state index contributed by atoms with van der Waals surface area (Å²) in [5.74, 6) is -2.44. The molecule has 0 saturated heterocycles. The molecule has 0 aliphatic rings. The summed E-state index contributed by atoms with van der Waals surface area (Å²) in [6.45, 7) is 2.98. The van der Waals surface area contributed by atoms with Crippen molar-refractivity contribution in [3.63, 3.8) is 0 Å². The fourth-order valence-electron chi connectivity index (χ4n) is 2.94. The first kappa shape index (κ1) is 22.1. The molecule has 0 aliphatic heterocycles. The zero-order valence-electron chi connectivity index (χ0n) is 17.5. The summed E-state index contributed by atoms with van der Waals surface area (Å²) >= 11 is 0. The summed E-state index contributed by atoms with van der Waals surface area (Å²) in [7, 11) is 3.45. The van der Waals surface area contributed by atoms with Crippen LogP contribution in [-0.2, 0) is 11.4 Å². The predicted octanol–water partition coefficient (Wildman–Crippen LogP) is 1.53. The van der Waals surface area contributed by atoms with Crippen LogP contribution in [0.1, 0.15) is 27.4 Å². The molecule has 1 aromatic carbocycles. The van der Waals surface area contributed by atoms with Crippen molar-refractivity contribution in [3.05, 3.63) is 58.7 Å². The molecular formula is C20H22F2N6O3. The van der Waals surface area contributed by atoms with E-state index in [9.17, 15) is 18.4 Å². The molecule has 0 atom stereocenters. The van der Waals surface area contributed by atoms with Crippen LogP contribution in [0.3, 0.4) is 0 Å². The molecule has 2 aromatic heterocycles. The van der Waals surface area contributed by atoms with Gasteiger partial charge in [-0.25, -0.2) is 18.7 Å². The number of hydrogen-bond donors (Lipinski definition) is 2. The van der Waals surface area contributed by atoms with Crippen LogP contribution in [-0.4, -0.2) is 51.7 Å². The Labute approximate surface area is 177 Å². The maximum atomic E-state index is 13.9. The second-order valence-electron chi connectivity index (χ2n) is 7.16. The number of carbonyl (C=O) groups is 2. The first-order chi connectivity index (χ1) is 14.7. The topological polar surface area (TPSA) is 101 Å². The number of likely N-dealkylation sites (N-methyl/N-ethyl adjacent to an activating group) is 1. The number of nitrogens with one attached hydrogen (secondary N) is 2. The van der Waals surface area contributed by atoms with Crippen LogP contribution in [0, 0.1) is 25.5 Å². The van der Waals surface area contributed by atoms with Crippen LogP contribution in [0.25, 0.3) is 5.65 Å². The number of hydrazine groups is 1. The highest BCUT2D eigenvalue weighted by Crippen LogP contribution is 2.23. The Hall–Kier alpha value is -3.60. The fourth-order valence-corrected chi connectivity index (χ4v) is 2.94. The van der Waals surface area contributed by atoms with Gasteiger partial charge < -0.3 is 9.64 Å². The minimum atomic E-state index is -0.739. The Morgan fingerprint density at radius 1 is 1.13 bits per heavy atom. The Bertz CT molecular complexity index is 1130. The van der Waals surface area contributed by atoms with E-state index in [4.69, 9.17) is 4.74 Å². The van der Waals surface area contributed by atoms with Gasteiger partial charge in [0.05, 0.1) is 23.5 Å². The van der Waals surface area contributed by atoms with E-state index in [0.717, 1.165) is 12.1 Å². The Kier molecular flexibility index (Phi) is 6.44. The third kappa shape index (κ3) is 4.94. The van der Waals surface area contributed by atoms with Crippen molar-refractivity contribution < 1.29 is 23.1 Å². The Morgan fingerprint density at radius 3 is 2.45 bits per heavy atom. The number of amides is 2. The van der Waals surface area contributed by atoms with Crippen molar-refractivity contribution in [1.29, 1.82) is 0 Å². The maximum absolute atomic E-state index is 13.9. The molecule has 0 fully saturated rings. The van der Waals surface area contributed by atoms with Gasteiger partial charge in [0, 0.05) is 6.20 Å². The number of nitrogens with zero attached hydrogens (tertiary/aromatic N) is 4. The number of aryl methyl sites for hydroxylation is 2. The molecule has 0 spiro atoms. The maximum Gasteiger partial charge on any atom is 0.288 e. The lowest BCUT2D eigenvalue weighted by Crippen LogP contribution is -2.45. The number of carbonyl (C=O) groups excluding carboxylic acids is 2. The molecule has 2 heterocycles. The lowest BCUT2D eigenvalue weighted by molar-refractivity contribution is -0.122. The van der Waals surface area contributed by atoms with E-state index in [-0.39, 0.29) is 29.3 Å². The highest BCUT2D eigenvalue weighted by atomic mass is 19.1. The van der Waals surface area contributed by atoms with Crippen molar-refractivity contribution in [3.8, 4) is 5.88 Å². The molecule has 2 amide bonds. The van der Waals surface area contributed by atoms with Crippen LogP contribution in [0.2, 0.25) is 0 Å². The van der Waals surface area contributed by atoms with Gasteiger partial charge in [0.2, 0.25) is 5.65 Å². The van der Waals surface area contributed by atoms with Crippen LogP contribution in [0.15, 0.2) is 24.4 Å². The summed E-state index contributed by atoms with van der Waals surface area (Å²) in [4.78, 5) is 34.6. The van der Waals surface area contributed by atoms with Gasteiger partial charge in [0.1, 0.15) is 23.9 Å². The predicted molar refractivity (Wildman–Crippen MR) is 107 cm³/mol. The van der Waals surface area contributed by atoms with Crippen molar-refractivity contribution in [2.24, 2.45) is 0 Å². The van der Waals surface area contributed by atoms with Gasteiger partial charge in [-0.3, -0.25) is 24.8 Å². The van der Waals surface area contributed by atoms with Gasteiger partial charge in [0.15, 0.2) is 0 Å². The molecular weight excluding hydrogens is 410 g/mol. The van der Waals surface area contributed by atoms with Crippen molar-refractivity contribution in [1.82, 2.24) is 30.1 Å². The molecule has 9 nitrogen and oxygen atoms in total. The van der Waals surface area contributed by atoms with E-state index in [1.165, 1.54) is 10.5 Å². The molecule has 2 N–H and O–H groups in total. The van der Waals surface area contributed by atoms with Crippen LogP contribution in [0.5, 0.6) is 5.88 Å². The quantitative estimate of drug-likeness (QED) is 0.573. The van der Waals surface area contributed by atoms with Crippen LogP contribution < -0.4 is 15.6 Å². The third-order valence-corrected chi connectivity index (χ3v) is 4.28. The van der Waals surface area contributed by atoms with Gasteiger partial charge in [-0.05, 0) is 40.1 Å². The summed E-state index contributed by atoms with van der Waals surface area (Å²) in [6.07, 6.45) is 1.57. The monoisotopic (exact) mass is 432 g/mol. The summed E-state index contributed by atoms with van der Waals surface area (Å²) in [5, 5.41) is 0. The van der Waals surface area contributed by atoms with Gasteiger partial charge in [-0.15, -0.1) is 0 Å². The molecule has 164 valence electrons. The van der Waals surface area contributed by atoms with Gasteiger partial charge in [0.25, 0.3) is 17.7 Å². The second kappa shape index (κ2) is 9.04. The largest absolute Gasteiger partial charge is 0.470 e. The van der Waals surface area contributed by atoms with Crippen molar-refractivity contribution >= 4 is 17.5 Å². The van der Waals surface area contributed by atoms with Gasteiger partial charge >= 0.3 is 0 Å². The number of imidazole rings is 1. The first-order valence-electron chi connectivity index (χ1n) is 9.33. The number of benzene rings is 1. The number of halogens is 2. The Balaban J connectivity index is 1.87. The summed E-state index contributed by atoms with van der Waals surface area (Å²) in [6, 6.07) is 3.53. The third-order valence-electron chi connectivity index (χ3n) is 4.28. The fraction of sp³-hybridized carbons (Fsp3) is 0.300. The number of rotatable bonds is 6. The molecule has 0 radical (unpaired) electrons. The van der Waals surface area contributed by atoms with E-state index in [1.807, 2.05) is 0 Å². The second-order valence-corrected chi connectivity index (χ2v) is 7.16. The van der Waals surface area contributed by atoms with Gasteiger partial charge in [-0.1, -0.05) is 6.07 Å². The average Bonchev–Trinajstić information content (AvgIpc) is 3.01. The zero-order chi connectivity index (χ0) is 22.7. The highest BCUT2D eigenvalue weighted by Gasteiger charge is 2.21. The van der Waals surface area contributed by atoms with E-state index in [2.05, 4.69) is 20.8 Å². The standard InChI is InChI=1S/C20H22F2N6O3/c1-11-8-28-17(19(30)26-25-16(29)9-27(3)4)12(2)24-18(28)20(23-11)31-10-13-14(21)6-5-7-15(13)22/h5-8H,9-10H2,1-4H3,(H,25,29)(H,26,30). The van der Waals surface area contributed by atoms with E-state index < -0.39 is 30.1 Å². The lowest BCUT2D eigenvalue weighted by Gasteiger charge is -2.12. The Morgan fingerprint density at radius 2 is 1.81 bits per heavy atom. The molecule has 0 bridgehead atoms. The lowest BCUT2D eigenvalue weighted by atomic mass is 10.2. The van der Waals surface area contributed by atoms with Crippen LogP contribution >= 0.6 is 0 Å². The molecule has 0 unspecified atom stereocenters. The van der Waals surface area contributed by atoms with E-state index >= 15 is 0 Å². The minimum absolute atomic E-state index is 0.0152. The molecule has 3 aromatic rings. The van der Waals surface area contributed by atoms with Crippen LogP contribution in [0.4, 0.5) is 8.78 Å². The van der Waals surface area contributed by atoms with E-state index in [0.29, 0.717) is 11.4 Å². The molecule has 0 aliphatic carbocycles.